The Morgan fingerprint density at radius 1 is 0.654 bits per heavy atom. The van der Waals surface area contributed by atoms with Crippen LogP contribution in [-0.4, -0.2) is 40.1 Å². The van der Waals surface area contributed by atoms with Crippen LogP contribution in [0.4, 0.5) is 11.4 Å². The number of para-hydroxylation sites is 2. The molecule has 0 spiro atoms. The third-order valence-corrected chi connectivity index (χ3v) is 3.06. The highest BCUT2D eigenvalue weighted by molar-refractivity contribution is 5.87. The van der Waals surface area contributed by atoms with E-state index in [9.17, 15) is 19.8 Å². The molecule has 0 aliphatic carbocycles. The van der Waals surface area contributed by atoms with Gasteiger partial charge in [-0.25, -0.2) is 0 Å². The van der Waals surface area contributed by atoms with Crippen LogP contribution in [0.1, 0.15) is 0 Å². The summed E-state index contributed by atoms with van der Waals surface area (Å²) in [6, 6.07) is 20.8. The Morgan fingerprint density at radius 2 is 0.923 bits per heavy atom. The van der Waals surface area contributed by atoms with Gasteiger partial charge in [-0.05, 0) is 36.4 Å². The SMILES string of the molecule is C[NH+](C)c1ccccc1.C[NH+](C)c1ccccc1.O=C([O-])/C=C/C(=O)[O-]. The smallest absolute Gasteiger partial charge is 0.130 e. The molecule has 0 radical (unpaired) electrons. The topological polar surface area (TPSA) is 89.1 Å². The Labute approximate surface area is 154 Å². The quantitative estimate of drug-likeness (QED) is 0.617. The van der Waals surface area contributed by atoms with Crippen LogP contribution in [0.2, 0.25) is 0 Å². The molecule has 2 aromatic rings. The Bertz CT molecular complexity index is 609. The van der Waals surface area contributed by atoms with Crippen molar-refractivity contribution in [3.63, 3.8) is 0 Å². The first-order valence-electron chi connectivity index (χ1n) is 8.05. The summed E-state index contributed by atoms with van der Waals surface area (Å²) in [5, 5.41) is 18.8. The standard InChI is InChI=1S/2C8H11N.C4H4O4/c2*1-9(2)8-6-4-3-5-7-8;5-3(6)1-2-4(7)8/h2*3-7H,1-2H3;1-2H,(H,5,6)(H,7,8)/b;;2-1+. The molecular formula is C20H26N2O4. The molecule has 6 nitrogen and oxygen atoms in total. The minimum Gasteiger partial charge on any atom is -0.545 e. The second-order valence-corrected chi connectivity index (χ2v) is 5.70. The van der Waals surface area contributed by atoms with Crippen molar-refractivity contribution >= 4 is 23.3 Å². The maximum Gasteiger partial charge on any atom is 0.130 e. The zero-order chi connectivity index (χ0) is 19.9. The van der Waals surface area contributed by atoms with E-state index in [0.29, 0.717) is 12.2 Å². The van der Waals surface area contributed by atoms with Crippen molar-refractivity contribution in [1.82, 2.24) is 0 Å². The molecule has 0 heterocycles. The van der Waals surface area contributed by atoms with Gasteiger partial charge in [0, 0.05) is 0 Å². The zero-order valence-corrected chi connectivity index (χ0v) is 15.6. The fraction of sp³-hybridized carbons (Fsp3) is 0.200. The maximum absolute atomic E-state index is 9.41. The average molecular weight is 358 g/mol. The van der Waals surface area contributed by atoms with E-state index in [-0.39, 0.29) is 0 Å². The molecule has 0 aromatic heterocycles. The van der Waals surface area contributed by atoms with E-state index in [1.807, 2.05) is 12.1 Å². The first kappa shape index (κ1) is 23.0. The van der Waals surface area contributed by atoms with Gasteiger partial charge in [0.2, 0.25) is 0 Å². The summed E-state index contributed by atoms with van der Waals surface area (Å²) in [6.45, 7) is 0. The van der Waals surface area contributed by atoms with E-state index in [0.717, 1.165) is 0 Å². The number of rotatable bonds is 4. The van der Waals surface area contributed by atoms with Crippen LogP contribution in [0.15, 0.2) is 72.8 Å². The Kier molecular flexibility index (Phi) is 11.8. The molecule has 0 fully saturated rings. The second kappa shape index (κ2) is 13.3. The molecule has 2 N–H and O–H groups in total. The minimum atomic E-state index is -1.55. The summed E-state index contributed by atoms with van der Waals surface area (Å²) < 4.78 is 0. The van der Waals surface area contributed by atoms with Gasteiger partial charge in [-0.1, -0.05) is 36.4 Å². The number of carbonyl (C=O) groups excluding carboxylic acids is 2. The summed E-state index contributed by atoms with van der Waals surface area (Å²) in [5.74, 6) is -3.09. The first-order chi connectivity index (χ1) is 12.2. The Morgan fingerprint density at radius 3 is 1.08 bits per heavy atom. The number of carboxylic acid groups (broad SMARTS) is 2. The minimum absolute atomic E-state index is 0.384. The predicted octanol–water partition coefficient (Wildman–Crippen LogP) is -2.03. The van der Waals surface area contributed by atoms with Crippen molar-refractivity contribution < 1.29 is 29.6 Å². The van der Waals surface area contributed by atoms with Gasteiger partial charge in [0.15, 0.2) is 0 Å². The highest BCUT2D eigenvalue weighted by Crippen LogP contribution is 1.96. The van der Waals surface area contributed by atoms with Gasteiger partial charge in [0.1, 0.15) is 11.4 Å². The molecule has 6 heteroatoms. The third kappa shape index (κ3) is 12.5. The lowest BCUT2D eigenvalue weighted by molar-refractivity contribution is -0.786. The monoisotopic (exact) mass is 358 g/mol. The highest BCUT2D eigenvalue weighted by Gasteiger charge is 1.94. The van der Waals surface area contributed by atoms with E-state index in [1.54, 1.807) is 0 Å². The molecule has 0 aliphatic heterocycles. The van der Waals surface area contributed by atoms with Crippen LogP contribution >= 0.6 is 0 Å². The average Bonchev–Trinajstić information content (AvgIpc) is 2.62. The molecule has 2 aromatic carbocycles. The summed E-state index contributed by atoms with van der Waals surface area (Å²) in [7, 11) is 8.48. The van der Waals surface area contributed by atoms with Gasteiger partial charge >= 0.3 is 0 Å². The Balaban J connectivity index is 0.000000362. The number of carbonyl (C=O) groups is 2. The number of hydrogen-bond acceptors (Lipinski definition) is 4. The van der Waals surface area contributed by atoms with Gasteiger partial charge in [-0.2, -0.15) is 0 Å². The first-order valence-corrected chi connectivity index (χ1v) is 8.05. The van der Waals surface area contributed by atoms with E-state index in [2.05, 4.69) is 76.7 Å². The number of benzene rings is 2. The maximum atomic E-state index is 9.41. The van der Waals surface area contributed by atoms with Gasteiger partial charge in [0.05, 0.1) is 40.1 Å². The number of carboxylic acids is 2. The molecule has 0 unspecified atom stereocenters. The van der Waals surface area contributed by atoms with Crippen molar-refractivity contribution in [3.05, 3.63) is 72.8 Å². The van der Waals surface area contributed by atoms with E-state index in [1.165, 1.54) is 21.2 Å². The molecule has 0 amide bonds. The lowest BCUT2D eigenvalue weighted by Gasteiger charge is -2.03. The van der Waals surface area contributed by atoms with Crippen molar-refractivity contribution in [2.45, 2.75) is 0 Å². The fourth-order valence-electron chi connectivity index (χ4n) is 1.68. The van der Waals surface area contributed by atoms with E-state index < -0.39 is 11.9 Å². The molecule has 0 aliphatic rings. The second-order valence-electron chi connectivity index (χ2n) is 5.70. The summed E-state index contributed by atoms with van der Waals surface area (Å²) in [4.78, 5) is 21.6. The molecule has 2 rings (SSSR count). The van der Waals surface area contributed by atoms with Gasteiger partial charge in [-0.15, -0.1) is 0 Å². The molecule has 0 bridgehead atoms. The fourth-order valence-corrected chi connectivity index (χ4v) is 1.68. The number of hydrogen-bond donors (Lipinski definition) is 2. The van der Waals surface area contributed by atoms with Crippen LogP contribution in [0.5, 0.6) is 0 Å². The molecule has 0 saturated carbocycles. The van der Waals surface area contributed by atoms with Crippen molar-refractivity contribution in [2.75, 3.05) is 28.2 Å². The van der Waals surface area contributed by atoms with Crippen LogP contribution in [0.25, 0.3) is 0 Å². The van der Waals surface area contributed by atoms with E-state index in [4.69, 9.17) is 0 Å². The predicted molar refractivity (Wildman–Crippen MR) is 97.0 cm³/mol. The van der Waals surface area contributed by atoms with Gasteiger partial charge < -0.3 is 29.6 Å². The van der Waals surface area contributed by atoms with Gasteiger partial charge in [-0.3, -0.25) is 0 Å². The molecular weight excluding hydrogens is 332 g/mol. The summed E-state index contributed by atoms with van der Waals surface area (Å²) in [6.07, 6.45) is 0.769. The number of nitrogens with one attached hydrogen (secondary N) is 2. The highest BCUT2D eigenvalue weighted by atomic mass is 16.4. The van der Waals surface area contributed by atoms with Crippen LogP contribution in [0.3, 0.4) is 0 Å². The van der Waals surface area contributed by atoms with Crippen molar-refractivity contribution in [3.8, 4) is 0 Å². The zero-order valence-electron chi connectivity index (χ0n) is 15.6. The molecule has 0 atom stereocenters. The molecule has 140 valence electrons. The number of quaternary nitrogens is 2. The molecule has 0 saturated heterocycles. The normalized spacial score (nSPS) is 9.92. The lowest BCUT2D eigenvalue weighted by atomic mass is 10.3. The Hall–Kier alpha value is -2.96. The number of aliphatic carboxylic acids is 2. The van der Waals surface area contributed by atoms with Crippen molar-refractivity contribution in [1.29, 1.82) is 0 Å². The summed E-state index contributed by atoms with van der Waals surface area (Å²) in [5.41, 5.74) is 2.66. The lowest BCUT2D eigenvalue weighted by Crippen LogP contribution is -3.00. The van der Waals surface area contributed by atoms with Crippen LogP contribution in [-0.2, 0) is 9.59 Å². The largest absolute Gasteiger partial charge is 0.545 e. The van der Waals surface area contributed by atoms with Crippen LogP contribution in [0, 0.1) is 0 Å². The summed E-state index contributed by atoms with van der Waals surface area (Å²) >= 11 is 0. The third-order valence-electron chi connectivity index (χ3n) is 3.06. The van der Waals surface area contributed by atoms with E-state index >= 15 is 0 Å². The van der Waals surface area contributed by atoms with Crippen molar-refractivity contribution in [2.24, 2.45) is 0 Å². The van der Waals surface area contributed by atoms with Crippen LogP contribution < -0.4 is 20.0 Å². The molecule has 26 heavy (non-hydrogen) atoms. The van der Waals surface area contributed by atoms with Gasteiger partial charge in [0.25, 0.3) is 0 Å².